The molecule has 3 heteroatoms. The number of rotatable bonds is 3. The second-order valence-corrected chi connectivity index (χ2v) is 5.73. The van der Waals surface area contributed by atoms with Crippen LogP contribution in [-0.2, 0) is 4.74 Å². The van der Waals surface area contributed by atoms with Crippen molar-refractivity contribution in [1.29, 1.82) is 0 Å². The summed E-state index contributed by atoms with van der Waals surface area (Å²) in [5.41, 5.74) is 0. The molecule has 1 aliphatic carbocycles. The molecule has 3 unspecified atom stereocenters. The average molecular weight is 241 g/mol. The van der Waals surface area contributed by atoms with Crippen LogP contribution < -0.4 is 0 Å². The Morgan fingerprint density at radius 1 is 1.12 bits per heavy atom. The summed E-state index contributed by atoms with van der Waals surface area (Å²) in [6.07, 6.45) is 8.44. The van der Waals surface area contributed by atoms with E-state index in [0.29, 0.717) is 12.0 Å². The minimum absolute atomic E-state index is 0.100. The van der Waals surface area contributed by atoms with Crippen molar-refractivity contribution in [1.82, 2.24) is 4.90 Å². The minimum atomic E-state index is -0.100. The summed E-state index contributed by atoms with van der Waals surface area (Å²) in [5, 5.41) is 10.3. The van der Waals surface area contributed by atoms with E-state index in [-0.39, 0.29) is 6.10 Å². The molecule has 0 aromatic heterocycles. The highest BCUT2D eigenvalue weighted by molar-refractivity contribution is 4.86. The topological polar surface area (TPSA) is 32.7 Å². The number of aliphatic hydroxyl groups excluding tert-OH is 1. The Hall–Kier alpha value is -0.120. The molecule has 0 bridgehead atoms. The van der Waals surface area contributed by atoms with Crippen LogP contribution in [0.4, 0.5) is 0 Å². The van der Waals surface area contributed by atoms with E-state index in [0.717, 1.165) is 26.1 Å². The quantitative estimate of drug-likeness (QED) is 0.821. The zero-order chi connectivity index (χ0) is 12.1. The van der Waals surface area contributed by atoms with E-state index in [4.69, 9.17) is 4.74 Å². The normalized spacial score (nSPS) is 36.7. The van der Waals surface area contributed by atoms with Crippen molar-refractivity contribution in [2.24, 2.45) is 5.92 Å². The molecule has 2 aliphatic rings. The van der Waals surface area contributed by atoms with E-state index in [9.17, 15) is 5.11 Å². The van der Waals surface area contributed by atoms with Crippen molar-refractivity contribution in [3.63, 3.8) is 0 Å². The Kier molecular flexibility index (Phi) is 5.26. The lowest BCUT2D eigenvalue weighted by Gasteiger charge is -2.33. The maximum absolute atomic E-state index is 10.3. The molecular formula is C14H27NO2. The van der Waals surface area contributed by atoms with Crippen LogP contribution in [0.1, 0.15) is 44.9 Å². The van der Waals surface area contributed by atoms with Crippen LogP contribution in [-0.4, -0.2) is 49.0 Å². The molecule has 1 saturated carbocycles. The van der Waals surface area contributed by atoms with Crippen molar-refractivity contribution >= 4 is 0 Å². The van der Waals surface area contributed by atoms with Crippen LogP contribution in [0.25, 0.3) is 0 Å². The van der Waals surface area contributed by atoms with Gasteiger partial charge in [0, 0.05) is 19.7 Å². The summed E-state index contributed by atoms with van der Waals surface area (Å²) in [7, 11) is 1.79. The number of nitrogens with zero attached hydrogens (tertiary/aromatic N) is 1. The molecule has 0 aromatic rings. The number of hydrogen-bond donors (Lipinski definition) is 1. The van der Waals surface area contributed by atoms with Crippen LogP contribution in [0.3, 0.4) is 0 Å². The summed E-state index contributed by atoms with van der Waals surface area (Å²) >= 11 is 0. The van der Waals surface area contributed by atoms with Crippen molar-refractivity contribution < 1.29 is 9.84 Å². The number of hydrogen-bond acceptors (Lipinski definition) is 3. The number of aliphatic hydroxyl groups is 1. The monoisotopic (exact) mass is 241 g/mol. The van der Waals surface area contributed by atoms with E-state index in [1.54, 1.807) is 7.11 Å². The molecule has 2 rings (SSSR count). The third-order valence-corrected chi connectivity index (χ3v) is 4.38. The largest absolute Gasteiger partial charge is 0.391 e. The van der Waals surface area contributed by atoms with Gasteiger partial charge < -0.3 is 9.84 Å². The first-order valence-electron chi connectivity index (χ1n) is 7.22. The van der Waals surface area contributed by atoms with E-state index < -0.39 is 0 Å². The zero-order valence-electron chi connectivity index (χ0n) is 11.1. The summed E-state index contributed by atoms with van der Waals surface area (Å²) in [6.45, 7) is 3.14. The minimum Gasteiger partial charge on any atom is -0.391 e. The molecule has 1 saturated heterocycles. The fourth-order valence-corrected chi connectivity index (χ4v) is 3.41. The molecule has 3 atom stereocenters. The summed E-state index contributed by atoms with van der Waals surface area (Å²) < 4.78 is 5.24. The number of likely N-dealkylation sites (tertiary alicyclic amines) is 1. The van der Waals surface area contributed by atoms with E-state index in [1.807, 2.05) is 0 Å². The van der Waals surface area contributed by atoms with Gasteiger partial charge in [0.05, 0.1) is 12.7 Å². The Morgan fingerprint density at radius 3 is 2.65 bits per heavy atom. The molecule has 0 spiro atoms. The van der Waals surface area contributed by atoms with Crippen molar-refractivity contribution in [2.75, 3.05) is 26.8 Å². The van der Waals surface area contributed by atoms with Gasteiger partial charge in [-0.1, -0.05) is 25.7 Å². The Labute approximate surface area is 105 Å². The first-order valence-corrected chi connectivity index (χ1v) is 7.22. The summed E-state index contributed by atoms with van der Waals surface area (Å²) in [4.78, 5) is 2.51. The lowest BCUT2D eigenvalue weighted by atomic mass is 9.93. The lowest BCUT2D eigenvalue weighted by molar-refractivity contribution is 0.0388. The molecule has 0 aromatic carbocycles. The maximum Gasteiger partial charge on any atom is 0.0695 e. The van der Waals surface area contributed by atoms with Gasteiger partial charge in [0.25, 0.3) is 0 Å². The lowest BCUT2D eigenvalue weighted by Crippen LogP contribution is -2.43. The SMILES string of the molecule is COCC1CCN(C2CCCCCCC2O)C1. The van der Waals surface area contributed by atoms with Gasteiger partial charge in [-0.2, -0.15) is 0 Å². The van der Waals surface area contributed by atoms with Crippen LogP contribution >= 0.6 is 0 Å². The first-order chi connectivity index (χ1) is 8.31. The third kappa shape index (κ3) is 3.67. The van der Waals surface area contributed by atoms with E-state index >= 15 is 0 Å². The highest BCUT2D eigenvalue weighted by Gasteiger charge is 2.32. The number of ether oxygens (including phenoxy) is 1. The standard InChI is InChI=1S/C14H27NO2/c1-17-11-12-8-9-15(10-12)13-6-4-2-3-5-7-14(13)16/h12-14,16H,2-11H2,1H3. The van der Waals surface area contributed by atoms with Gasteiger partial charge in [0.1, 0.15) is 0 Å². The second kappa shape index (κ2) is 6.72. The van der Waals surface area contributed by atoms with Gasteiger partial charge in [-0.3, -0.25) is 4.90 Å². The van der Waals surface area contributed by atoms with Crippen LogP contribution in [0, 0.1) is 5.92 Å². The molecule has 1 N–H and O–H groups in total. The van der Waals surface area contributed by atoms with Gasteiger partial charge in [0.15, 0.2) is 0 Å². The molecule has 17 heavy (non-hydrogen) atoms. The van der Waals surface area contributed by atoms with E-state index in [2.05, 4.69) is 4.90 Å². The van der Waals surface area contributed by atoms with Crippen LogP contribution in [0.2, 0.25) is 0 Å². The predicted molar refractivity (Wildman–Crippen MR) is 69.1 cm³/mol. The average Bonchev–Trinajstić information content (AvgIpc) is 2.73. The van der Waals surface area contributed by atoms with Gasteiger partial charge in [-0.25, -0.2) is 0 Å². The van der Waals surface area contributed by atoms with Crippen molar-refractivity contribution in [2.45, 2.75) is 57.1 Å². The molecule has 100 valence electrons. The summed E-state index contributed by atoms with van der Waals surface area (Å²) in [5.74, 6) is 0.678. The van der Waals surface area contributed by atoms with Gasteiger partial charge >= 0.3 is 0 Å². The van der Waals surface area contributed by atoms with Gasteiger partial charge in [-0.05, 0) is 31.7 Å². The second-order valence-electron chi connectivity index (χ2n) is 5.73. The van der Waals surface area contributed by atoms with Gasteiger partial charge in [0.2, 0.25) is 0 Å². The smallest absolute Gasteiger partial charge is 0.0695 e. The predicted octanol–water partition coefficient (Wildman–Crippen LogP) is 2.04. The fraction of sp³-hybridized carbons (Fsp3) is 1.00. The van der Waals surface area contributed by atoms with Crippen molar-refractivity contribution in [3.8, 4) is 0 Å². The third-order valence-electron chi connectivity index (χ3n) is 4.38. The first kappa shape index (κ1) is 13.3. The molecule has 0 radical (unpaired) electrons. The molecule has 1 aliphatic heterocycles. The van der Waals surface area contributed by atoms with E-state index in [1.165, 1.54) is 38.5 Å². The van der Waals surface area contributed by atoms with Gasteiger partial charge in [-0.15, -0.1) is 0 Å². The molecule has 0 amide bonds. The molecular weight excluding hydrogens is 214 g/mol. The fourth-order valence-electron chi connectivity index (χ4n) is 3.41. The van der Waals surface area contributed by atoms with Crippen LogP contribution in [0.5, 0.6) is 0 Å². The highest BCUT2D eigenvalue weighted by Crippen LogP contribution is 2.27. The Balaban J connectivity index is 1.86. The number of methoxy groups -OCH3 is 1. The molecule has 3 nitrogen and oxygen atoms in total. The Morgan fingerprint density at radius 2 is 1.88 bits per heavy atom. The highest BCUT2D eigenvalue weighted by atomic mass is 16.5. The van der Waals surface area contributed by atoms with Crippen molar-refractivity contribution in [3.05, 3.63) is 0 Å². The maximum atomic E-state index is 10.3. The summed E-state index contributed by atoms with van der Waals surface area (Å²) in [6, 6.07) is 0.414. The molecule has 2 fully saturated rings. The molecule has 1 heterocycles. The zero-order valence-corrected chi connectivity index (χ0v) is 11.1. The van der Waals surface area contributed by atoms with Crippen LogP contribution in [0.15, 0.2) is 0 Å². The Bertz CT molecular complexity index is 222.